The van der Waals surface area contributed by atoms with E-state index in [1.54, 1.807) is 12.1 Å². The molecule has 0 aromatic heterocycles. The van der Waals surface area contributed by atoms with Gasteiger partial charge in [-0.1, -0.05) is 17.7 Å². The van der Waals surface area contributed by atoms with Gasteiger partial charge in [0.15, 0.2) is 0 Å². The first-order chi connectivity index (χ1) is 9.02. The highest BCUT2D eigenvalue weighted by atomic mass is 35.5. The van der Waals surface area contributed by atoms with Crippen LogP contribution in [0.5, 0.6) is 0 Å². The standard InChI is InChI=1S/C14H16ClFN2O/c1-9-7-18(8-10(2)19-9)13(6-17)14-11(15)4-3-5-12(14)16/h3-5,9-10,13H,7-8H2,1-2H3/p+1/t9-,10+,13-/m0/s1. The summed E-state index contributed by atoms with van der Waals surface area (Å²) >= 11 is 6.06. The lowest BCUT2D eigenvalue weighted by Crippen LogP contribution is -3.15. The summed E-state index contributed by atoms with van der Waals surface area (Å²) in [6, 6.07) is 6.12. The normalized spacial score (nSPS) is 28.7. The second-order valence-electron chi connectivity index (χ2n) is 5.02. The lowest BCUT2D eigenvalue weighted by atomic mass is 10.0. The third-order valence-electron chi connectivity index (χ3n) is 3.39. The summed E-state index contributed by atoms with van der Waals surface area (Å²) in [5.74, 6) is -0.418. The maximum absolute atomic E-state index is 14.0. The predicted octanol–water partition coefficient (Wildman–Crippen LogP) is 1.74. The van der Waals surface area contributed by atoms with E-state index >= 15 is 0 Å². The Balaban J connectivity index is 2.32. The molecule has 1 aromatic carbocycles. The van der Waals surface area contributed by atoms with Gasteiger partial charge >= 0.3 is 0 Å². The Hall–Kier alpha value is -1.15. The molecule has 19 heavy (non-hydrogen) atoms. The van der Waals surface area contributed by atoms with Gasteiger partial charge in [-0.25, -0.2) is 4.39 Å². The van der Waals surface area contributed by atoms with E-state index in [1.165, 1.54) is 6.07 Å². The molecule has 0 bridgehead atoms. The molecule has 102 valence electrons. The van der Waals surface area contributed by atoms with Gasteiger partial charge in [0.1, 0.15) is 37.2 Å². The number of nitrogens with zero attached hydrogens (tertiary/aromatic N) is 1. The van der Waals surface area contributed by atoms with E-state index in [0.29, 0.717) is 23.7 Å². The van der Waals surface area contributed by atoms with Gasteiger partial charge < -0.3 is 9.64 Å². The molecule has 1 aromatic rings. The maximum atomic E-state index is 14.0. The molecule has 1 fully saturated rings. The third-order valence-corrected chi connectivity index (χ3v) is 3.72. The molecular weight excluding hydrogens is 267 g/mol. The highest BCUT2D eigenvalue weighted by Crippen LogP contribution is 2.24. The molecule has 5 heteroatoms. The largest absolute Gasteiger partial charge is 0.364 e. The van der Waals surface area contributed by atoms with Crippen LogP contribution < -0.4 is 4.90 Å². The van der Waals surface area contributed by atoms with E-state index in [1.807, 2.05) is 13.8 Å². The van der Waals surface area contributed by atoms with Crippen molar-refractivity contribution in [3.8, 4) is 6.07 Å². The van der Waals surface area contributed by atoms with Gasteiger partial charge in [0.2, 0.25) is 6.04 Å². The molecule has 1 unspecified atom stereocenters. The summed E-state index contributed by atoms with van der Waals surface area (Å²) in [6.45, 7) is 5.28. The number of hydrogen-bond acceptors (Lipinski definition) is 2. The van der Waals surface area contributed by atoms with E-state index in [4.69, 9.17) is 16.3 Å². The van der Waals surface area contributed by atoms with Crippen LogP contribution in [0.15, 0.2) is 18.2 Å². The molecule has 0 spiro atoms. The number of hydrogen-bond donors (Lipinski definition) is 1. The summed E-state index contributed by atoms with van der Waals surface area (Å²) in [5.41, 5.74) is 0.294. The first kappa shape index (κ1) is 14.3. The highest BCUT2D eigenvalue weighted by Gasteiger charge is 2.35. The van der Waals surface area contributed by atoms with Crippen molar-refractivity contribution in [1.29, 1.82) is 5.26 Å². The van der Waals surface area contributed by atoms with Crippen molar-refractivity contribution in [2.75, 3.05) is 13.1 Å². The Bertz CT molecular complexity index is 472. The lowest BCUT2D eigenvalue weighted by Gasteiger charge is -2.35. The van der Waals surface area contributed by atoms with E-state index in [0.717, 1.165) is 4.90 Å². The van der Waals surface area contributed by atoms with Crippen molar-refractivity contribution in [3.63, 3.8) is 0 Å². The molecule has 0 amide bonds. The first-order valence-corrected chi connectivity index (χ1v) is 6.74. The molecule has 1 aliphatic rings. The van der Waals surface area contributed by atoms with Gasteiger partial charge in [0, 0.05) is 0 Å². The molecule has 0 radical (unpaired) electrons. The van der Waals surface area contributed by atoms with Crippen molar-refractivity contribution in [3.05, 3.63) is 34.6 Å². The average Bonchev–Trinajstić information content (AvgIpc) is 2.32. The summed E-state index contributed by atoms with van der Waals surface area (Å²) in [5, 5.41) is 9.73. The number of benzene rings is 1. The molecule has 1 aliphatic heterocycles. The number of morpholine rings is 1. The summed E-state index contributed by atoms with van der Waals surface area (Å²) < 4.78 is 19.6. The van der Waals surface area contributed by atoms with Gasteiger partial charge in [-0.3, -0.25) is 0 Å². The number of halogens is 2. The van der Waals surface area contributed by atoms with Crippen LogP contribution in [0.25, 0.3) is 0 Å². The quantitative estimate of drug-likeness (QED) is 0.898. The maximum Gasteiger partial charge on any atom is 0.205 e. The molecule has 2 rings (SSSR count). The minimum atomic E-state index is -0.595. The van der Waals surface area contributed by atoms with Gasteiger partial charge in [-0.2, -0.15) is 5.26 Å². The number of quaternary nitrogens is 1. The first-order valence-electron chi connectivity index (χ1n) is 6.36. The molecule has 4 atom stereocenters. The average molecular weight is 284 g/mol. The second kappa shape index (κ2) is 5.87. The molecule has 1 saturated heterocycles. The van der Waals surface area contributed by atoms with Gasteiger partial charge in [-0.05, 0) is 26.0 Å². The van der Waals surface area contributed by atoms with Crippen molar-refractivity contribution in [2.45, 2.75) is 32.1 Å². The topological polar surface area (TPSA) is 37.5 Å². The fraction of sp³-hybridized carbons (Fsp3) is 0.500. The van der Waals surface area contributed by atoms with Gasteiger partial charge in [0.05, 0.1) is 10.6 Å². The highest BCUT2D eigenvalue weighted by molar-refractivity contribution is 6.31. The fourth-order valence-corrected chi connectivity index (χ4v) is 2.97. The summed E-state index contributed by atoms with van der Waals surface area (Å²) in [4.78, 5) is 1.00. The monoisotopic (exact) mass is 283 g/mol. The van der Waals surface area contributed by atoms with E-state index in [9.17, 15) is 9.65 Å². The van der Waals surface area contributed by atoms with Crippen LogP contribution in [0.1, 0.15) is 25.5 Å². The Morgan fingerprint density at radius 3 is 2.58 bits per heavy atom. The van der Waals surface area contributed by atoms with E-state index in [2.05, 4.69) is 6.07 Å². The number of nitriles is 1. The molecule has 1 heterocycles. The molecule has 0 saturated carbocycles. The van der Waals surface area contributed by atoms with Crippen LogP contribution in [0.2, 0.25) is 5.02 Å². The molecular formula is C14H17ClFN2O+. The van der Waals surface area contributed by atoms with Crippen molar-refractivity contribution in [2.24, 2.45) is 0 Å². The Morgan fingerprint density at radius 1 is 1.42 bits per heavy atom. The van der Waals surface area contributed by atoms with Crippen molar-refractivity contribution >= 4 is 11.6 Å². The van der Waals surface area contributed by atoms with Crippen LogP contribution >= 0.6 is 11.6 Å². The SMILES string of the molecule is C[C@@H]1C[NH+]([C@@H](C#N)c2c(F)cccc2Cl)C[C@H](C)O1. The fourth-order valence-electron chi connectivity index (χ4n) is 2.70. The minimum absolute atomic E-state index is 0.0557. The number of nitrogens with one attached hydrogen (secondary N) is 1. The van der Waals surface area contributed by atoms with E-state index < -0.39 is 11.9 Å². The van der Waals surface area contributed by atoms with Crippen LogP contribution in [-0.4, -0.2) is 25.3 Å². The molecule has 3 nitrogen and oxygen atoms in total. The van der Waals surface area contributed by atoms with Gasteiger partial charge in [-0.15, -0.1) is 0 Å². The smallest absolute Gasteiger partial charge is 0.205 e. The van der Waals surface area contributed by atoms with Crippen LogP contribution in [0, 0.1) is 17.1 Å². The predicted molar refractivity (Wildman–Crippen MR) is 70.5 cm³/mol. The molecule has 0 aliphatic carbocycles. The third kappa shape index (κ3) is 3.06. The van der Waals surface area contributed by atoms with Crippen molar-refractivity contribution < 1.29 is 14.0 Å². The number of ether oxygens (including phenoxy) is 1. The number of rotatable bonds is 2. The Kier molecular flexibility index (Phi) is 4.41. The lowest BCUT2D eigenvalue weighted by molar-refractivity contribution is -0.937. The van der Waals surface area contributed by atoms with Gasteiger partial charge in [0.25, 0.3) is 0 Å². The minimum Gasteiger partial charge on any atom is -0.364 e. The van der Waals surface area contributed by atoms with Crippen LogP contribution in [-0.2, 0) is 4.74 Å². The second-order valence-corrected chi connectivity index (χ2v) is 5.43. The summed E-state index contributed by atoms with van der Waals surface area (Å²) in [6.07, 6.45) is 0.111. The van der Waals surface area contributed by atoms with Crippen LogP contribution in [0.3, 0.4) is 0 Å². The summed E-state index contributed by atoms with van der Waals surface area (Å²) in [7, 11) is 0. The van der Waals surface area contributed by atoms with Crippen molar-refractivity contribution in [1.82, 2.24) is 0 Å². The van der Waals surface area contributed by atoms with Crippen LogP contribution in [0.4, 0.5) is 4.39 Å². The zero-order chi connectivity index (χ0) is 14.0. The Labute approximate surface area is 117 Å². The zero-order valence-corrected chi connectivity index (χ0v) is 11.7. The Morgan fingerprint density at radius 2 is 2.05 bits per heavy atom. The zero-order valence-electron chi connectivity index (χ0n) is 11.0. The van der Waals surface area contributed by atoms with E-state index in [-0.39, 0.29) is 12.2 Å². The molecule has 1 N–H and O–H groups in total.